The van der Waals surface area contributed by atoms with Crippen LogP contribution in [0.4, 0.5) is 0 Å². The Bertz CT molecular complexity index is 494. The lowest BCUT2D eigenvalue weighted by Gasteiger charge is -2.36. The molecule has 1 aliphatic rings. The van der Waals surface area contributed by atoms with Crippen LogP contribution in [0.2, 0.25) is 0 Å². The molecule has 4 nitrogen and oxygen atoms in total. The largest absolute Gasteiger partial charge is 0.296 e. The van der Waals surface area contributed by atoms with Gasteiger partial charge in [0.05, 0.1) is 0 Å². The molecule has 19 heavy (non-hydrogen) atoms. The number of nitrogens with zero attached hydrogens (tertiary/aromatic N) is 3. The number of aromatic nitrogens is 3. The van der Waals surface area contributed by atoms with Crippen LogP contribution in [0.3, 0.4) is 0 Å². The number of piperidine rings is 1. The maximum absolute atomic E-state index is 4.23. The van der Waals surface area contributed by atoms with Crippen molar-refractivity contribution in [1.29, 1.82) is 0 Å². The molecule has 3 rings (SSSR count). The fraction of sp³-hybridized carbons (Fsp3) is 0.467. The first kappa shape index (κ1) is 12.4. The molecule has 0 amide bonds. The van der Waals surface area contributed by atoms with E-state index < -0.39 is 0 Å². The molecule has 2 aromatic heterocycles. The molecule has 0 radical (unpaired) electrons. The number of hydrogen-bond acceptors (Lipinski definition) is 3. The zero-order chi connectivity index (χ0) is 13.1. The van der Waals surface area contributed by atoms with E-state index in [9.17, 15) is 0 Å². The van der Waals surface area contributed by atoms with Gasteiger partial charge >= 0.3 is 0 Å². The van der Waals surface area contributed by atoms with Gasteiger partial charge in [0.25, 0.3) is 0 Å². The number of rotatable bonds is 3. The number of pyridine rings is 1. The maximum Gasteiger partial charge on any atom is 0.0490 e. The first-order valence-corrected chi connectivity index (χ1v) is 6.98. The van der Waals surface area contributed by atoms with Gasteiger partial charge in [-0.05, 0) is 44.0 Å². The topological polar surface area (TPSA) is 44.8 Å². The van der Waals surface area contributed by atoms with Crippen LogP contribution >= 0.6 is 0 Å². The second-order valence-electron chi connectivity index (χ2n) is 5.31. The second kappa shape index (κ2) is 5.53. The number of aromatic amines is 1. The van der Waals surface area contributed by atoms with E-state index in [1.807, 2.05) is 24.7 Å². The molecule has 0 unspecified atom stereocenters. The molecule has 0 spiro atoms. The predicted molar refractivity (Wildman–Crippen MR) is 74.8 cm³/mol. The summed E-state index contributed by atoms with van der Waals surface area (Å²) >= 11 is 0. The molecule has 1 saturated heterocycles. The molecule has 2 atom stereocenters. The number of hydrogen-bond donors (Lipinski definition) is 1. The van der Waals surface area contributed by atoms with Crippen LogP contribution in [0.25, 0.3) is 0 Å². The van der Waals surface area contributed by atoms with Gasteiger partial charge in [-0.1, -0.05) is 6.07 Å². The molecule has 0 bridgehead atoms. The average molecular weight is 256 g/mol. The van der Waals surface area contributed by atoms with Gasteiger partial charge in [-0.15, -0.1) is 0 Å². The Kier molecular flexibility index (Phi) is 3.60. The molecule has 0 aromatic carbocycles. The molecule has 1 N–H and O–H groups in total. The van der Waals surface area contributed by atoms with E-state index in [1.165, 1.54) is 30.6 Å². The standard InChI is InChI=1S/C15H20N4/c1-12(13-4-2-7-16-10-13)19-9-3-5-14(11-19)15-6-8-17-18-15/h2,4,6-8,10,12,14H,3,5,9,11H2,1H3,(H,17,18)/t12-,14+/m0/s1. The minimum Gasteiger partial charge on any atom is -0.296 e. The predicted octanol–water partition coefficient (Wildman–Crippen LogP) is 2.75. The Morgan fingerprint density at radius 1 is 1.37 bits per heavy atom. The fourth-order valence-electron chi connectivity index (χ4n) is 2.94. The Morgan fingerprint density at radius 2 is 2.32 bits per heavy atom. The molecule has 4 heteroatoms. The molecular weight excluding hydrogens is 236 g/mol. The Morgan fingerprint density at radius 3 is 3.05 bits per heavy atom. The molecule has 0 aliphatic carbocycles. The molecular formula is C15H20N4. The van der Waals surface area contributed by atoms with E-state index in [2.05, 4.69) is 39.1 Å². The smallest absolute Gasteiger partial charge is 0.0490 e. The van der Waals surface area contributed by atoms with Crippen molar-refractivity contribution in [3.8, 4) is 0 Å². The van der Waals surface area contributed by atoms with Gasteiger partial charge < -0.3 is 0 Å². The van der Waals surface area contributed by atoms with Crippen LogP contribution in [0.5, 0.6) is 0 Å². The van der Waals surface area contributed by atoms with Crippen molar-refractivity contribution in [2.45, 2.75) is 31.7 Å². The van der Waals surface area contributed by atoms with Gasteiger partial charge in [0.15, 0.2) is 0 Å². The Labute approximate surface area is 113 Å². The van der Waals surface area contributed by atoms with Gasteiger partial charge in [0.2, 0.25) is 0 Å². The lowest BCUT2D eigenvalue weighted by molar-refractivity contribution is 0.157. The third-order valence-electron chi connectivity index (χ3n) is 4.13. The average Bonchev–Trinajstić information content (AvgIpc) is 3.02. The summed E-state index contributed by atoms with van der Waals surface area (Å²) in [5, 5.41) is 7.19. The number of nitrogens with one attached hydrogen (secondary N) is 1. The minimum atomic E-state index is 0.430. The molecule has 1 fully saturated rings. The van der Waals surface area contributed by atoms with Crippen molar-refractivity contribution in [1.82, 2.24) is 20.1 Å². The number of H-pyrrole nitrogens is 1. The lowest BCUT2D eigenvalue weighted by Crippen LogP contribution is -2.36. The molecule has 3 heterocycles. The van der Waals surface area contributed by atoms with E-state index in [0.29, 0.717) is 12.0 Å². The van der Waals surface area contributed by atoms with Crippen molar-refractivity contribution in [3.05, 3.63) is 48.0 Å². The van der Waals surface area contributed by atoms with E-state index in [0.717, 1.165) is 6.54 Å². The normalized spacial score (nSPS) is 22.3. The highest BCUT2D eigenvalue weighted by Crippen LogP contribution is 2.30. The van der Waals surface area contributed by atoms with Gasteiger partial charge in [0, 0.05) is 42.8 Å². The van der Waals surface area contributed by atoms with Crippen molar-refractivity contribution >= 4 is 0 Å². The lowest BCUT2D eigenvalue weighted by atomic mass is 9.93. The first-order valence-electron chi connectivity index (χ1n) is 6.98. The molecule has 1 aliphatic heterocycles. The van der Waals surface area contributed by atoms with E-state index in [1.54, 1.807) is 0 Å². The summed E-state index contributed by atoms with van der Waals surface area (Å²) in [6, 6.07) is 6.71. The van der Waals surface area contributed by atoms with Crippen molar-refractivity contribution < 1.29 is 0 Å². The van der Waals surface area contributed by atoms with E-state index in [4.69, 9.17) is 0 Å². The Hall–Kier alpha value is -1.68. The monoisotopic (exact) mass is 256 g/mol. The van der Waals surface area contributed by atoms with Crippen LogP contribution in [0.1, 0.15) is 43.0 Å². The second-order valence-corrected chi connectivity index (χ2v) is 5.31. The molecule has 100 valence electrons. The SMILES string of the molecule is C[C@@H](c1cccnc1)N1CCC[C@@H](c2ccn[nH]2)C1. The fourth-order valence-corrected chi connectivity index (χ4v) is 2.94. The van der Waals surface area contributed by atoms with Crippen LogP contribution in [0.15, 0.2) is 36.8 Å². The van der Waals surface area contributed by atoms with Crippen LogP contribution < -0.4 is 0 Å². The highest BCUT2D eigenvalue weighted by Gasteiger charge is 2.25. The summed E-state index contributed by atoms with van der Waals surface area (Å²) in [6.07, 6.45) is 8.15. The molecule has 0 saturated carbocycles. The summed E-state index contributed by atoms with van der Waals surface area (Å²) < 4.78 is 0. The van der Waals surface area contributed by atoms with Gasteiger partial charge in [-0.25, -0.2) is 0 Å². The highest BCUT2D eigenvalue weighted by molar-refractivity contribution is 5.14. The van der Waals surface area contributed by atoms with Crippen molar-refractivity contribution in [3.63, 3.8) is 0 Å². The van der Waals surface area contributed by atoms with E-state index in [-0.39, 0.29) is 0 Å². The van der Waals surface area contributed by atoms with Crippen LogP contribution in [0, 0.1) is 0 Å². The summed E-state index contributed by atoms with van der Waals surface area (Å²) in [6.45, 7) is 4.53. The third kappa shape index (κ3) is 2.68. The zero-order valence-electron chi connectivity index (χ0n) is 11.3. The maximum atomic E-state index is 4.23. The van der Waals surface area contributed by atoms with Crippen molar-refractivity contribution in [2.75, 3.05) is 13.1 Å². The van der Waals surface area contributed by atoms with Gasteiger partial charge in [0.1, 0.15) is 0 Å². The van der Waals surface area contributed by atoms with E-state index >= 15 is 0 Å². The molecule has 2 aromatic rings. The highest BCUT2D eigenvalue weighted by atomic mass is 15.2. The summed E-state index contributed by atoms with van der Waals surface area (Å²) in [4.78, 5) is 6.77. The summed E-state index contributed by atoms with van der Waals surface area (Å²) in [5.41, 5.74) is 2.57. The third-order valence-corrected chi connectivity index (χ3v) is 4.13. The summed E-state index contributed by atoms with van der Waals surface area (Å²) in [5.74, 6) is 0.579. The Balaban J connectivity index is 1.71. The van der Waals surface area contributed by atoms with Crippen LogP contribution in [-0.4, -0.2) is 33.2 Å². The van der Waals surface area contributed by atoms with Crippen molar-refractivity contribution in [2.24, 2.45) is 0 Å². The first-order chi connectivity index (χ1) is 9.34. The quantitative estimate of drug-likeness (QED) is 0.918. The summed E-state index contributed by atoms with van der Waals surface area (Å²) in [7, 11) is 0. The van der Waals surface area contributed by atoms with Crippen LogP contribution in [-0.2, 0) is 0 Å². The van der Waals surface area contributed by atoms with Gasteiger partial charge in [-0.2, -0.15) is 5.10 Å². The minimum absolute atomic E-state index is 0.430. The number of likely N-dealkylation sites (tertiary alicyclic amines) is 1. The zero-order valence-corrected chi connectivity index (χ0v) is 11.3. The van der Waals surface area contributed by atoms with Gasteiger partial charge in [-0.3, -0.25) is 15.0 Å².